The lowest BCUT2D eigenvalue weighted by Crippen LogP contribution is -2.04. The highest BCUT2D eigenvalue weighted by molar-refractivity contribution is 5.72. The van der Waals surface area contributed by atoms with Crippen LogP contribution in [-0.4, -0.2) is 16.4 Å². The van der Waals surface area contributed by atoms with E-state index in [1.54, 1.807) is 0 Å². The van der Waals surface area contributed by atoms with Crippen LogP contribution in [0, 0.1) is 5.82 Å². The number of benzene rings is 1. The van der Waals surface area contributed by atoms with Crippen molar-refractivity contribution in [1.82, 2.24) is 9.78 Å². The first-order chi connectivity index (χ1) is 8.49. The molecule has 0 bridgehead atoms. The van der Waals surface area contributed by atoms with Crippen LogP contribution in [-0.2, 0) is 7.05 Å². The molecule has 96 valence electrons. The molecule has 0 aliphatic heterocycles. The molecular formula is C11H10F3N3O. The Morgan fingerprint density at radius 2 is 1.89 bits per heavy atom. The van der Waals surface area contributed by atoms with Crippen molar-refractivity contribution < 1.29 is 17.9 Å². The number of rotatable bonds is 3. The molecule has 0 radical (unpaired) electrons. The summed E-state index contributed by atoms with van der Waals surface area (Å²) in [5.74, 6) is -0.776. The topological polar surface area (TPSA) is 53.1 Å². The number of aromatic nitrogens is 2. The first-order valence-corrected chi connectivity index (χ1v) is 5.02. The fourth-order valence-electron chi connectivity index (χ4n) is 1.66. The van der Waals surface area contributed by atoms with Gasteiger partial charge in [-0.15, -0.1) is 0 Å². The summed E-state index contributed by atoms with van der Waals surface area (Å²) in [4.78, 5) is 0. The van der Waals surface area contributed by atoms with Crippen molar-refractivity contribution in [3.63, 3.8) is 0 Å². The number of halogens is 3. The van der Waals surface area contributed by atoms with Crippen molar-refractivity contribution in [3.05, 3.63) is 30.1 Å². The molecule has 18 heavy (non-hydrogen) atoms. The molecule has 0 amide bonds. The number of hydrogen-bond acceptors (Lipinski definition) is 3. The van der Waals surface area contributed by atoms with Crippen molar-refractivity contribution in [2.75, 3.05) is 5.73 Å². The first kappa shape index (κ1) is 12.3. The Labute approximate surface area is 101 Å². The number of hydrogen-bond donors (Lipinski definition) is 1. The maximum Gasteiger partial charge on any atom is 0.387 e. The van der Waals surface area contributed by atoms with Gasteiger partial charge >= 0.3 is 6.61 Å². The van der Waals surface area contributed by atoms with E-state index in [4.69, 9.17) is 5.73 Å². The van der Waals surface area contributed by atoms with Crippen molar-refractivity contribution >= 4 is 5.82 Å². The summed E-state index contributed by atoms with van der Waals surface area (Å²) >= 11 is 0. The van der Waals surface area contributed by atoms with Gasteiger partial charge in [-0.1, -0.05) is 0 Å². The lowest BCUT2D eigenvalue weighted by molar-refractivity contribution is -0.0489. The molecule has 1 aromatic heterocycles. The Balaban J connectivity index is 2.52. The number of nitrogens with two attached hydrogens (primary N) is 1. The van der Waals surface area contributed by atoms with E-state index in [2.05, 4.69) is 9.84 Å². The van der Waals surface area contributed by atoms with E-state index in [1.165, 1.54) is 36.0 Å². The van der Waals surface area contributed by atoms with Crippen LogP contribution < -0.4 is 10.5 Å². The molecule has 0 atom stereocenters. The normalized spacial score (nSPS) is 10.9. The molecule has 0 spiro atoms. The average Bonchev–Trinajstić information content (AvgIpc) is 2.55. The lowest BCUT2D eigenvalue weighted by atomic mass is 10.1. The standard InChI is InChI=1S/C11H10F3N3O/c1-17-8(6-2-4-7(12)5-3-6)9(10(15)16-17)18-11(13)14/h2-5,11H,1H3,(H2,15,16). The highest BCUT2D eigenvalue weighted by atomic mass is 19.3. The fourth-order valence-corrected chi connectivity index (χ4v) is 1.66. The van der Waals surface area contributed by atoms with Crippen LogP contribution in [0.15, 0.2) is 24.3 Å². The number of aryl methyl sites for hydroxylation is 1. The van der Waals surface area contributed by atoms with Crippen LogP contribution >= 0.6 is 0 Å². The molecular weight excluding hydrogens is 247 g/mol. The SMILES string of the molecule is Cn1nc(N)c(OC(F)F)c1-c1ccc(F)cc1. The van der Waals surface area contributed by atoms with Crippen molar-refractivity contribution in [3.8, 4) is 17.0 Å². The second-order valence-electron chi connectivity index (χ2n) is 3.57. The van der Waals surface area contributed by atoms with Gasteiger partial charge in [-0.25, -0.2) is 4.39 Å². The molecule has 0 fully saturated rings. The number of alkyl halides is 2. The average molecular weight is 257 g/mol. The van der Waals surface area contributed by atoms with Crippen LogP contribution in [0.5, 0.6) is 5.75 Å². The second kappa shape index (κ2) is 4.59. The minimum absolute atomic E-state index is 0.142. The zero-order chi connectivity index (χ0) is 13.3. The Morgan fingerprint density at radius 3 is 2.44 bits per heavy atom. The number of ether oxygens (including phenoxy) is 1. The Morgan fingerprint density at radius 1 is 1.28 bits per heavy atom. The zero-order valence-corrected chi connectivity index (χ0v) is 9.40. The van der Waals surface area contributed by atoms with E-state index in [0.29, 0.717) is 5.56 Å². The van der Waals surface area contributed by atoms with E-state index < -0.39 is 12.4 Å². The molecule has 7 heteroatoms. The van der Waals surface area contributed by atoms with E-state index in [9.17, 15) is 13.2 Å². The third-order valence-corrected chi connectivity index (χ3v) is 2.35. The van der Waals surface area contributed by atoms with Gasteiger partial charge < -0.3 is 10.5 Å². The van der Waals surface area contributed by atoms with Gasteiger partial charge in [0.2, 0.25) is 0 Å². The molecule has 2 N–H and O–H groups in total. The van der Waals surface area contributed by atoms with Gasteiger partial charge in [-0.3, -0.25) is 4.68 Å². The summed E-state index contributed by atoms with van der Waals surface area (Å²) in [5, 5.41) is 3.81. The minimum Gasteiger partial charge on any atom is -0.428 e. The molecule has 1 aromatic carbocycles. The van der Waals surface area contributed by atoms with Crippen molar-refractivity contribution in [2.45, 2.75) is 6.61 Å². The number of anilines is 1. The minimum atomic E-state index is -3.00. The first-order valence-electron chi connectivity index (χ1n) is 5.02. The van der Waals surface area contributed by atoms with E-state index in [0.717, 1.165) is 0 Å². The number of nitrogens with zero attached hydrogens (tertiary/aromatic N) is 2. The quantitative estimate of drug-likeness (QED) is 0.918. The molecule has 2 aromatic rings. The third-order valence-electron chi connectivity index (χ3n) is 2.35. The van der Waals surface area contributed by atoms with Gasteiger partial charge in [-0.2, -0.15) is 13.9 Å². The van der Waals surface area contributed by atoms with Crippen LogP contribution in [0.2, 0.25) is 0 Å². The molecule has 0 aliphatic carbocycles. The predicted octanol–water partition coefficient (Wildman–Crippen LogP) is 2.41. The smallest absolute Gasteiger partial charge is 0.387 e. The van der Waals surface area contributed by atoms with Crippen LogP contribution in [0.25, 0.3) is 11.3 Å². The summed E-state index contributed by atoms with van der Waals surface area (Å²) in [6.45, 7) is -3.00. The predicted molar refractivity (Wildman–Crippen MR) is 59.6 cm³/mol. The van der Waals surface area contributed by atoms with Crippen LogP contribution in [0.3, 0.4) is 0 Å². The summed E-state index contributed by atoms with van der Waals surface area (Å²) < 4.78 is 43.1. The molecule has 0 aliphatic rings. The molecule has 2 rings (SSSR count). The van der Waals surface area contributed by atoms with Crippen LogP contribution in [0.4, 0.5) is 19.0 Å². The maximum atomic E-state index is 12.8. The summed E-state index contributed by atoms with van der Waals surface area (Å²) in [5.41, 5.74) is 6.25. The van der Waals surface area contributed by atoms with Gasteiger partial charge in [0.05, 0.1) is 0 Å². The summed E-state index contributed by atoms with van der Waals surface area (Å²) in [6, 6.07) is 5.30. The fraction of sp³-hybridized carbons (Fsp3) is 0.182. The lowest BCUT2D eigenvalue weighted by Gasteiger charge is -2.07. The van der Waals surface area contributed by atoms with E-state index in [1.807, 2.05) is 0 Å². The Bertz CT molecular complexity index is 551. The van der Waals surface area contributed by atoms with Crippen molar-refractivity contribution in [2.24, 2.45) is 7.05 Å². The summed E-state index contributed by atoms with van der Waals surface area (Å²) in [6.07, 6.45) is 0. The Kier molecular flexibility index (Phi) is 3.14. The zero-order valence-electron chi connectivity index (χ0n) is 9.40. The Hall–Kier alpha value is -2.18. The van der Waals surface area contributed by atoms with Crippen molar-refractivity contribution in [1.29, 1.82) is 0 Å². The van der Waals surface area contributed by atoms with Gasteiger partial charge in [-0.05, 0) is 24.3 Å². The van der Waals surface area contributed by atoms with Crippen LogP contribution in [0.1, 0.15) is 0 Å². The molecule has 1 heterocycles. The summed E-state index contributed by atoms with van der Waals surface area (Å²) in [7, 11) is 1.54. The van der Waals surface area contributed by atoms with Gasteiger partial charge in [0.15, 0.2) is 11.6 Å². The molecule has 0 unspecified atom stereocenters. The highest BCUT2D eigenvalue weighted by Gasteiger charge is 2.20. The van der Waals surface area contributed by atoms with E-state index >= 15 is 0 Å². The monoisotopic (exact) mass is 257 g/mol. The maximum absolute atomic E-state index is 12.8. The highest BCUT2D eigenvalue weighted by Crippen LogP contribution is 2.35. The molecule has 0 saturated heterocycles. The van der Waals surface area contributed by atoms with E-state index in [-0.39, 0.29) is 17.3 Å². The molecule has 4 nitrogen and oxygen atoms in total. The van der Waals surface area contributed by atoms with Gasteiger partial charge in [0.1, 0.15) is 11.5 Å². The largest absolute Gasteiger partial charge is 0.428 e. The molecule has 0 saturated carbocycles. The third kappa shape index (κ3) is 2.24. The number of nitrogen functional groups attached to an aromatic ring is 1. The van der Waals surface area contributed by atoms with Gasteiger partial charge in [0.25, 0.3) is 0 Å². The van der Waals surface area contributed by atoms with Gasteiger partial charge in [0, 0.05) is 12.6 Å². The second-order valence-corrected chi connectivity index (χ2v) is 3.57.